The van der Waals surface area contributed by atoms with E-state index in [1.165, 1.54) is 43.8 Å². The quantitative estimate of drug-likeness (QED) is 0.421. The second-order valence-corrected chi connectivity index (χ2v) is 8.74. The number of nitrogens with zero attached hydrogens (tertiary/aromatic N) is 4. The zero-order valence-electron chi connectivity index (χ0n) is 14.7. The van der Waals surface area contributed by atoms with E-state index >= 15 is 0 Å². The SMILES string of the molecule is O=c1c2sccc2n2c(=O)n(Cc3c(F)cccc3Cl)nc2n1Cc1cccs1. The molecule has 0 aliphatic carbocycles. The largest absolute Gasteiger partial charge is 0.352 e. The van der Waals surface area contributed by atoms with Crippen LogP contribution in [0.1, 0.15) is 10.4 Å². The molecule has 0 amide bonds. The van der Waals surface area contributed by atoms with Crippen molar-refractivity contribution in [2.24, 2.45) is 0 Å². The fraction of sp³-hybridized carbons (Fsp3) is 0.105. The summed E-state index contributed by atoms with van der Waals surface area (Å²) in [5.74, 6) is -0.301. The predicted octanol–water partition coefficient (Wildman–Crippen LogP) is 3.82. The molecule has 146 valence electrons. The zero-order valence-corrected chi connectivity index (χ0v) is 17.1. The van der Waals surface area contributed by atoms with Gasteiger partial charge in [-0.25, -0.2) is 18.3 Å². The molecule has 5 aromatic rings. The summed E-state index contributed by atoms with van der Waals surface area (Å²) < 4.78 is 18.7. The van der Waals surface area contributed by atoms with Crippen molar-refractivity contribution in [3.63, 3.8) is 0 Å². The summed E-state index contributed by atoms with van der Waals surface area (Å²) in [5, 5.41) is 8.27. The average molecular weight is 447 g/mol. The maximum Gasteiger partial charge on any atom is 0.352 e. The summed E-state index contributed by atoms with van der Waals surface area (Å²) >= 11 is 8.91. The summed E-state index contributed by atoms with van der Waals surface area (Å²) in [6.07, 6.45) is 0. The van der Waals surface area contributed by atoms with Gasteiger partial charge < -0.3 is 0 Å². The number of aromatic nitrogens is 4. The number of halogens is 2. The highest BCUT2D eigenvalue weighted by molar-refractivity contribution is 7.17. The molecule has 5 rings (SSSR count). The molecule has 4 aromatic heterocycles. The van der Waals surface area contributed by atoms with Gasteiger partial charge in [0.2, 0.25) is 5.78 Å². The lowest BCUT2D eigenvalue weighted by atomic mass is 10.2. The molecule has 6 nitrogen and oxygen atoms in total. The lowest BCUT2D eigenvalue weighted by Gasteiger charge is -2.06. The number of rotatable bonds is 4. The Balaban J connectivity index is 1.77. The van der Waals surface area contributed by atoms with E-state index in [1.54, 1.807) is 17.5 Å². The van der Waals surface area contributed by atoms with Crippen molar-refractivity contribution in [2.45, 2.75) is 13.1 Å². The Morgan fingerprint density at radius 2 is 1.90 bits per heavy atom. The third kappa shape index (κ3) is 2.93. The fourth-order valence-electron chi connectivity index (χ4n) is 3.27. The highest BCUT2D eigenvalue weighted by atomic mass is 35.5. The molecule has 0 radical (unpaired) electrons. The van der Waals surface area contributed by atoms with E-state index in [9.17, 15) is 14.0 Å². The van der Waals surface area contributed by atoms with Crippen LogP contribution in [0.2, 0.25) is 5.02 Å². The van der Waals surface area contributed by atoms with Crippen LogP contribution in [0.25, 0.3) is 16.0 Å². The van der Waals surface area contributed by atoms with Crippen molar-refractivity contribution in [3.8, 4) is 0 Å². The van der Waals surface area contributed by atoms with Gasteiger partial charge in [0, 0.05) is 15.5 Å². The minimum Gasteiger partial charge on any atom is -0.270 e. The number of fused-ring (bicyclic) bond motifs is 3. The van der Waals surface area contributed by atoms with E-state index in [2.05, 4.69) is 5.10 Å². The molecular weight excluding hydrogens is 435 g/mol. The van der Waals surface area contributed by atoms with E-state index in [1.807, 2.05) is 17.5 Å². The van der Waals surface area contributed by atoms with Gasteiger partial charge in [-0.3, -0.25) is 9.36 Å². The molecule has 10 heteroatoms. The molecule has 0 fully saturated rings. The van der Waals surface area contributed by atoms with Gasteiger partial charge in [-0.05, 0) is 35.0 Å². The van der Waals surface area contributed by atoms with Crippen molar-refractivity contribution >= 4 is 50.3 Å². The molecular formula is C19H12ClFN4O2S2. The van der Waals surface area contributed by atoms with Crippen molar-refractivity contribution in [1.29, 1.82) is 0 Å². The summed E-state index contributed by atoms with van der Waals surface area (Å²) in [4.78, 5) is 27.1. The van der Waals surface area contributed by atoms with Crippen molar-refractivity contribution in [2.75, 3.05) is 0 Å². The van der Waals surface area contributed by atoms with Gasteiger partial charge in [-0.2, -0.15) is 0 Å². The Hall–Kier alpha value is -2.75. The van der Waals surface area contributed by atoms with E-state index in [-0.39, 0.29) is 28.5 Å². The van der Waals surface area contributed by atoms with Crippen LogP contribution in [-0.2, 0) is 13.1 Å². The Kier molecular flexibility index (Phi) is 4.38. The number of hydrogen-bond acceptors (Lipinski definition) is 5. The van der Waals surface area contributed by atoms with Gasteiger partial charge >= 0.3 is 5.69 Å². The molecule has 0 saturated carbocycles. The second-order valence-electron chi connectivity index (χ2n) is 6.38. The first-order valence-corrected chi connectivity index (χ1v) is 10.7. The number of benzene rings is 1. The van der Waals surface area contributed by atoms with Crippen LogP contribution in [0.5, 0.6) is 0 Å². The summed E-state index contributed by atoms with van der Waals surface area (Å²) in [6.45, 7) is 0.162. The summed E-state index contributed by atoms with van der Waals surface area (Å²) in [7, 11) is 0. The van der Waals surface area contributed by atoms with Gasteiger partial charge in [0.1, 0.15) is 10.5 Å². The monoisotopic (exact) mass is 446 g/mol. The van der Waals surface area contributed by atoms with Gasteiger partial charge in [0.25, 0.3) is 5.56 Å². The van der Waals surface area contributed by atoms with E-state index in [4.69, 9.17) is 11.6 Å². The molecule has 4 heterocycles. The molecule has 0 aliphatic rings. The second kappa shape index (κ2) is 6.94. The number of hydrogen-bond donors (Lipinski definition) is 0. The standard InChI is InChI=1S/C19H12ClFN4O2S2/c20-13-4-1-5-14(21)12(13)10-24-19(27)25-15-6-8-29-16(15)17(26)23(18(25)22-24)9-11-3-2-7-28-11/h1-8H,9-10H2. The molecule has 1 aromatic carbocycles. The van der Waals surface area contributed by atoms with E-state index in [0.29, 0.717) is 16.8 Å². The van der Waals surface area contributed by atoms with Gasteiger partial charge in [-0.15, -0.1) is 27.8 Å². The molecule has 0 saturated heterocycles. The highest BCUT2D eigenvalue weighted by Gasteiger charge is 2.20. The Labute approximate surface area is 175 Å². The normalized spacial score (nSPS) is 11.7. The first-order valence-electron chi connectivity index (χ1n) is 8.59. The van der Waals surface area contributed by atoms with E-state index < -0.39 is 11.5 Å². The average Bonchev–Trinajstić information content (AvgIpc) is 3.43. The van der Waals surface area contributed by atoms with Crippen LogP contribution in [0.4, 0.5) is 4.39 Å². The molecule has 29 heavy (non-hydrogen) atoms. The lowest BCUT2D eigenvalue weighted by molar-refractivity contribution is 0.578. The minimum atomic E-state index is -0.516. The minimum absolute atomic E-state index is 0.134. The smallest absolute Gasteiger partial charge is 0.270 e. The molecule has 0 bridgehead atoms. The molecule has 0 aliphatic heterocycles. The fourth-order valence-corrected chi connectivity index (χ4v) is 5.01. The van der Waals surface area contributed by atoms with Crippen LogP contribution in [0.3, 0.4) is 0 Å². The first-order chi connectivity index (χ1) is 14.0. The zero-order chi connectivity index (χ0) is 20.1. The molecule has 0 atom stereocenters. The van der Waals surface area contributed by atoms with Crippen LogP contribution in [0.15, 0.2) is 56.7 Å². The van der Waals surface area contributed by atoms with Gasteiger partial charge in [0.05, 0.1) is 18.6 Å². The van der Waals surface area contributed by atoms with Crippen LogP contribution in [-0.4, -0.2) is 18.7 Å². The maximum atomic E-state index is 14.2. The van der Waals surface area contributed by atoms with Gasteiger partial charge in [0.15, 0.2) is 0 Å². The molecule has 0 spiro atoms. The summed E-state index contributed by atoms with van der Waals surface area (Å²) in [6, 6.07) is 9.88. The Morgan fingerprint density at radius 3 is 2.66 bits per heavy atom. The third-order valence-electron chi connectivity index (χ3n) is 4.65. The van der Waals surface area contributed by atoms with E-state index in [0.717, 1.165) is 9.56 Å². The topological polar surface area (TPSA) is 61.3 Å². The summed E-state index contributed by atoms with van der Waals surface area (Å²) in [5.41, 5.74) is 0.00122. The molecule has 0 N–H and O–H groups in total. The van der Waals surface area contributed by atoms with Gasteiger partial charge in [-0.1, -0.05) is 23.7 Å². The van der Waals surface area contributed by atoms with Crippen molar-refractivity contribution in [3.05, 3.63) is 89.3 Å². The highest BCUT2D eigenvalue weighted by Crippen LogP contribution is 2.21. The van der Waals surface area contributed by atoms with Crippen molar-refractivity contribution < 1.29 is 4.39 Å². The van der Waals surface area contributed by atoms with Crippen LogP contribution in [0, 0.1) is 5.82 Å². The van der Waals surface area contributed by atoms with Crippen LogP contribution < -0.4 is 11.2 Å². The first kappa shape index (κ1) is 18.3. The third-order valence-corrected chi connectivity index (χ3v) is 6.76. The Bertz CT molecular complexity index is 1460. The maximum absolute atomic E-state index is 14.2. The predicted molar refractivity (Wildman–Crippen MR) is 113 cm³/mol. The lowest BCUT2D eigenvalue weighted by Crippen LogP contribution is -2.26. The van der Waals surface area contributed by atoms with Crippen molar-refractivity contribution in [1.82, 2.24) is 18.7 Å². The molecule has 0 unspecified atom stereocenters. The van der Waals surface area contributed by atoms with Crippen LogP contribution >= 0.6 is 34.3 Å². The number of thiophene rings is 2. The Morgan fingerprint density at radius 1 is 1.03 bits per heavy atom.